The Hall–Kier alpha value is -1.49. The Morgan fingerprint density at radius 3 is 2.23 bits per heavy atom. The van der Waals surface area contributed by atoms with Crippen molar-refractivity contribution in [3.05, 3.63) is 24.1 Å². The number of hydrogen-bond acceptors (Lipinski definition) is 4. The lowest BCUT2D eigenvalue weighted by Gasteiger charge is -2.24. The number of ether oxygens (including phenoxy) is 2. The van der Waals surface area contributed by atoms with Crippen LogP contribution in [0.15, 0.2) is 24.1 Å². The average molecular weight is 314 g/mol. The molecular formula is C17H27FO4. The molecule has 0 heterocycles. The minimum Gasteiger partial charge on any atom is -0.466 e. The van der Waals surface area contributed by atoms with Gasteiger partial charge < -0.3 is 9.47 Å². The molecule has 0 rings (SSSR count). The Kier molecular flexibility index (Phi) is 8.23. The Labute approximate surface area is 132 Å². The molecule has 0 bridgehead atoms. The molecule has 0 fully saturated rings. The summed E-state index contributed by atoms with van der Waals surface area (Å²) in [6.07, 6.45) is 4.45. The number of carbonyl (C=O) groups is 2. The molecular weight excluding hydrogens is 287 g/mol. The standard InChI is InChI=1S/C17H27FO4/c1-16(2,3)14(19)12-13(18)9-10-17(4,5)22-11-7-8-15(20)21-6/h7-8,12H,9-11H2,1-6H3/b8-7+,13-12-. The minimum atomic E-state index is -0.581. The second-order valence-corrected chi connectivity index (χ2v) is 6.70. The van der Waals surface area contributed by atoms with Crippen molar-refractivity contribution in [2.24, 2.45) is 5.41 Å². The number of hydrogen-bond donors (Lipinski definition) is 0. The van der Waals surface area contributed by atoms with E-state index < -0.39 is 22.8 Å². The summed E-state index contributed by atoms with van der Waals surface area (Å²) in [6, 6.07) is 0. The number of halogens is 1. The lowest BCUT2D eigenvalue weighted by Crippen LogP contribution is -2.24. The summed E-state index contributed by atoms with van der Waals surface area (Å²) < 4.78 is 23.8. The zero-order valence-electron chi connectivity index (χ0n) is 14.4. The highest BCUT2D eigenvalue weighted by Gasteiger charge is 2.22. The monoisotopic (exact) mass is 314 g/mol. The Morgan fingerprint density at radius 2 is 1.73 bits per heavy atom. The molecule has 0 N–H and O–H groups in total. The number of allylic oxidation sites excluding steroid dienone is 2. The maximum Gasteiger partial charge on any atom is 0.330 e. The second kappa shape index (κ2) is 8.83. The van der Waals surface area contributed by atoms with Crippen LogP contribution < -0.4 is 0 Å². The summed E-state index contributed by atoms with van der Waals surface area (Å²) in [4.78, 5) is 22.6. The molecule has 0 spiro atoms. The predicted octanol–water partition coefficient (Wildman–Crippen LogP) is 3.76. The predicted molar refractivity (Wildman–Crippen MR) is 84.1 cm³/mol. The van der Waals surface area contributed by atoms with E-state index in [2.05, 4.69) is 4.74 Å². The maximum atomic E-state index is 13.8. The van der Waals surface area contributed by atoms with E-state index in [1.165, 1.54) is 13.2 Å². The number of rotatable bonds is 8. The van der Waals surface area contributed by atoms with Crippen molar-refractivity contribution in [1.29, 1.82) is 0 Å². The smallest absolute Gasteiger partial charge is 0.330 e. The Bertz CT molecular complexity index is 442. The van der Waals surface area contributed by atoms with E-state index in [1.54, 1.807) is 26.8 Å². The summed E-state index contributed by atoms with van der Waals surface area (Å²) in [5, 5.41) is 0. The van der Waals surface area contributed by atoms with E-state index in [0.717, 1.165) is 6.08 Å². The van der Waals surface area contributed by atoms with Gasteiger partial charge in [-0.15, -0.1) is 0 Å². The Morgan fingerprint density at radius 1 is 1.14 bits per heavy atom. The molecule has 5 heteroatoms. The molecule has 0 aromatic carbocycles. The van der Waals surface area contributed by atoms with Crippen molar-refractivity contribution in [2.75, 3.05) is 13.7 Å². The van der Waals surface area contributed by atoms with Gasteiger partial charge in [0.2, 0.25) is 0 Å². The van der Waals surface area contributed by atoms with Crippen LogP contribution >= 0.6 is 0 Å². The van der Waals surface area contributed by atoms with Gasteiger partial charge in [0.1, 0.15) is 5.83 Å². The fraction of sp³-hybridized carbons (Fsp3) is 0.647. The summed E-state index contributed by atoms with van der Waals surface area (Å²) in [7, 11) is 1.30. The lowest BCUT2D eigenvalue weighted by atomic mass is 9.90. The molecule has 0 aromatic heterocycles. The molecule has 0 aliphatic rings. The van der Waals surface area contributed by atoms with Crippen molar-refractivity contribution >= 4 is 11.8 Å². The third-order valence-electron chi connectivity index (χ3n) is 3.02. The van der Waals surface area contributed by atoms with Gasteiger partial charge in [-0.3, -0.25) is 4.79 Å². The van der Waals surface area contributed by atoms with Crippen LogP contribution in [0.1, 0.15) is 47.5 Å². The molecule has 22 heavy (non-hydrogen) atoms. The van der Waals surface area contributed by atoms with Crippen molar-refractivity contribution in [2.45, 2.75) is 53.1 Å². The highest BCUT2D eigenvalue weighted by Crippen LogP contribution is 2.22. The van der Waals surface area contributed by atoms with Gasteiger partial charge >= 0.3 is 5.97 Å². The highest BCUT2D eigenvalue weighted by atomic mass is 19.1. The number of esters is 1. The van der Waals surface area contributed by atoms with Gasteiger partial charge in [-0.1, -0.05) is 26.8 Å². The third-order valence-corrected chi connectivity index (χ3v) is 3.02. The van der Waals surface area contributed by atoms with E-state index in [1.807, 2.05) is 13.8 Å². The lowest BCUT2D eigenvalue weighted by molar-refractivity contribution is -0.134. The van der Waals surface area contributed by atoms with E-state index in [-0.39, 0.29) is 18.8 Å². The van der Waals surface area contributed by atoms with Crippen molar-refractivity contribution in [3.63, 3.8) is 0 Å². The zero-order valence-corrected chi connectivity index (χ0v) is 14.4. The molecule has 0 radical (unpaired) electrons. The summed E-state index contributed by atoms with van der Waals surface area (Å²) in [5.41, 5.74) is -1.14. The van der Waals surface area contributed by atoms with Crippen molar-refractivity contribution < 1.29 is 23.5 Å². The van der Waals surface area contributed by atoms with Crippen LogP contribution in [0.5, 0.6) is 0 Å². The van der Waals surface area contributed by atoms with Crippen LogP contribution in [0.4, 0.5) is 4.39 Å². The van der Waals surface area contributed by atoms with Gasteiger partial charge in [0.15, 0.2) is 5.78 Å². The largest absolute Gasteiger partial charge is 0.466 e. The zero-order chi connectivity index (χ0) is 17.4. The summed E-state index contributed by atoms with van der Waals surface area (Å²) in [5.74, 6) is -1.12. The van der Waals surface area contributed by atoms with E-state index in [9.17, 15) is 14.0 Å². The average Bonchev–Trinajstić information content (AvgIpc) is 2.40. The van der Waals surface area contributed by atoms with E-state index in [4.69, 9.17) is 4.74 Å². The molecule has 0 amide bonds. The maximum absolute atomic E-state index is 13.8. The molecule has 0 saturated heterocycles. The molecule has 0 saturated carbocycles. The number of methoxy groups -OCH3 is 1. The van der Waals surface area contributed by atoms with Crippen LogP contribution in [-0.4, -0.2) is 31.1 Å². The van der Waals surface area contributed by atoms with Gasteiger partial charge in [0.25, 0.3) is 0 Å². The first-order chi connectivity index (χ1) is 9.98. The van der Waals surface area contributed by atoms with Crippen LogP contribution in [0.25, 0.3) is 0 Å². The van der Waals surface area contributed by atoms with Gasteiger partial charge in [0.05, 0.1) is 19.3 Å². The molecule has 0 aliphatic heterocycles. The third kappa shape index (κ3) is 9.45. The fourth-order valence-corrected chi connectivity index (χ4v) is 1.41. The van der Waals surface area contributed by atoms with E-state index in [0.29, 0.717) is 6.42 Å². The van der Waals surface area contributed by atoms with Crippen molar-refractivity contribution in [1.82, 2.24) is 0 Å². The summed E-state index contributed by atoms with van der Waals surface area (Å²) in [6.45, 7) is 9.14. The van der Waals surface area contributed by atoms with Gasteiger partial charge in [-0.25, -0.2) is 9.18 Å². The van der Waals surface area contributed by atoms with Crippen LogP contribution in [0.3, 0.4) is 0 Å². The SMILES string of the molecule is COC(=O)/C=C/COC(C)(C)CC/C(F)=C/C(=O)C(C)(C)C. The quantitative estimate of drug-likeness (QED) is 0.505. The minimum absolute atomic E-state index is 0.134. The molecule has 4 nitrogen and oxygen atoms in total. The first-order valence-electron chi connectivity index (χ1n) is 7.27. The van der Waals surface area contributed by atoms with Gasteiger partial charge in [-0.05, 0) is 20.3 Å². The highest BCUT2D eigenvalue weighted by molar-refractivity contribution is 5.94. The molecule has 0 aromatic rings. The molecule has 0 aliphatic carbocycles. The first-order valence-corrected chi connectivity index (χ1v) is 7.27. The van der Waals surface area contributed by atoms with Crippen LogP contribution in [-0.2, 0) is 19.1 Å². The van der Waals surface area contributed by atoms with Gasteiger partial charge in [0, 0.05) is 24.0 Å². The van der Waals surface area contributed by atoms with Gasteiger partial charge in [-0.2, -0.15) is 0 Å². The topological polar surface area (TPSA) is 52.6 Å². The normalized spacial score (nSPS) is 13.5. The van der Waals surface area contributed by atoms with Crippen LogP contribution in [0, 0.1) is 5.41 Å². The van der Waals surface area contributed by atoms with E-state index >= 15 is 0 Å². The summed E-state index contributed by atoms with van der Waals surface area (Å²) >= 11 is 0. The van der Waals surface area contributed by atoms with Crippen molar-refractivity contribution in [3.8, 4) is 0 Å². The number of ketones is 1. The fourth-order valence-electron chi connectivity index (χ4n) is 1.41. The number of carbonyl (C=O) groups excluding carboxylic acids is 2. The molecule has 0 unspecified atom stereocenters. The molecule has 0 atom stereocenters. The first kappa shape index (κ1) is 20.5. The Balaban J connectivity index is 4.32. The second-order valence-electron chi connectivity index (χ2n) is 6.70. The molecule has 126 valence electrons. The van der Waals surface area contributed by atoms with Crippen LogP contribution in [0.2, 0.25) is 0 Å².